The number of anilines is 4. The van der Waals surface area contributed by atoms with Gasteiger partial charge in [-0.1, -0.05) is 35.9 Å². The van der Waals surface area contributed by atoms with Gasteiger partial charge in [-0.05, 0) is 36.8 Å². The molecule has 3 aromatic rings. The fourth-order valence-corrected chi connectivity index (χ4v) is 2.52. The summed E-state index contributed by atoms with van der Waals surface area (Å²) in [6.45, 7) is 1.79. The second kappa shape index (κ2) is 8.36. The Morgan fingerprint density at radius 3 is 2.46 bits per heavy atom. The molecule has 3 rings (SSSR count). The van der Waals surface area contributed by atoms with Crippen LogP contribution in [-0.4, -0.2) is 21.9 Å². The molecule has 0 saturated heterocycles. The van der Waals surface area contributed by atoms with Gasteiger partial charge in [0.1, 0.15) is 11.4 Å². The molecule has 142 valence electrons. The van der Waals surface area contributed by atoms with Crippen LogP contribution in [0.5, 0.6) is 0 Å². The summed E-state index contributed by atoms with van der Waals surface area (Å²) < 4.78 is 0. The van der Waals surface area contributed by atoms with Crippen LogP contribution in [0.3, 0.4) is 0 Å². The van der Waals surface area contributed by atoms with Gasteiger partial charge in [0.25, 0.3) is 5.91 Å². The summed E-state index contributed by atoms with van der Waals surface area (Å²) in [6.07, 6.45) is 1.25. The Bertz CT molecular complexity index is 1030. The van der Waals surface area contributed by atoms with E-state index in [-0.39, 0.29) is 17.3 Å². The molecule has 1 aromatic heterocycles. The van der Waals surface area contributed by atoms with Crippen LogP contribution in [0.25, 0.3) is 0 Å². The van der Waals surface area contributed by atoms with E-state index >= 15 is 0 Å². The van der Waals surface area contributed by atoms with Crippen molar-refractivity contribution in [2.24, 2.45) is 0 Å². The van der Waals surface area contributed by atoms with Gasteiger partial charge in [-0.15, -0.1) is 0 Å². The Labute approximate surface area is 166 Å². The lowest BCUT2D eigenvalue weighted by Crippen LogP contribution is -2.22. The highest BCUT2D eigenvalue weighted by Crippen LogP contribution is 2.24. The molecule has 3 amide bonds. The number of amides is 3. The van der Waals surface area contributed by atoms with E-state index in [0.717, 1.165) is 5.56 Å². The van der Waals surface area contributed by atoms with Gasteiger partial charge in [-0.2, -0.15) is 4.98 Å². The monoisotopic (exact) mass is 396 g/mol. The van der Waals surface area contributed by atoms with Gasteiger partial charge >= 0.3 is 6.03 Å². The minimum Gasteiger partial charge on any atom is -0.383 e. The number of aromatic nitrogens is 2. The number of rotatable bonds is 4. The molecule has 5 N–H and O–H groups in total. The van der Waals surface area contributed by atoms with Crippen molar-refractivity contribution in [3.05, 3.63) is 70.9 Å². The van der Waals surface area contributed by atoms with Crippen molar-refractivity contribution >= 4 is 46.7 Å². The second-order valence-electron chi connectivity index (χ2n) is 5.80. The molecule has 0 aliphatic rings. The molecule has 0 aliphatic heterocycles. The van der Waals surface area contributed by atoms with E-state index < -0.39 is 11.9 Å². The van der Waals surface area contributed by atoms with Crippen molar-refractivity contribution in [3.63, 3.8) is 0 Å². The predicted molar refractivity (Wildman–Crippen MR) is 110 cm³/mol. The standard InChI is InChI=1S/C19H17ClN6O2/c1-11-14(20)8-5-9-15(11)24-17(27)13-10-22-18(25-16(13)21)26-19(28)23-12-6-3-2-4-7-12/h2-10H,1H3,(H,24,27)(H4,21,22,23,25,26,28). The number of halogens is 1. The lowest BCUT2D eigenvalue weighted by Gasteiger charge is -2.11. The summed E-state index contributed by atoms with van der Waals surface area (Å²) in [7, 11) is 0. The Morgan fingerprint density at radius 1 is 1.00 bits per heavy atom. The highest BCUT2D eigenvalue weighted by molar-refractivity contribution is 6.31. The molecule has 2 aromatic carbocycles. The number of carbonyl (C=O) groups is 2. The maximum absolute atomic E-state index is 12.5. The fraction of sp³-hybridized carbons (Fsp3) is 0.0526. The summed E-state index contributed by atoms with van der Waals surface area (Å²) in [5, 5.41) is 8.34. The van der Waals surface area contributed by atoms with E-state index in [1.54, 1.807) is 49.4 Å². The van der Waals surface area contributed by atoms with Crippen LogP contribution in [0.4, 0.5) is 27.9 Å². The molecule has 0 saturated carbocycles. The number of hydrogen-bond donors (Lipinski definition) is 4. The van der Waals surface area contributed by atoms with Gasteiger partial charge in [0.05, 0.1) is 0 Å². The Morgan fingerprint density at radius 2 is 1.75 bits per heavy atom. The number of benzene rings is 2. The zero-order valence-corrected chi connectivity index (χ0v) is 15.6. The fourth-order valence-electron chi connectivity index (χ4n) is 2.35. The Kier molecular flexibility index (Phi) is 5.71. The Balaban J connectivity index is 1.68. The van der Waals surface area contributed by atoms with Crippen LogP contribution in [0.15, 0.2) is 54.7 Å². The maximum Gasteiger partial charge on any atom is 0.326 e. The molecule has 0 bridgehead atoms. The molecular formula is C19H17ClN6O2. The molecule has 0 aliphatic carbocycles. The zero-order chi connectivity index (χ0) is 20.1. The number of para-hydroxylation sites is 1. The smallest absolute Gasteiger partial charge is 0.326 e. The predicted octanol–water partition coefficient (Wildman–Crippen LogP) is 3.92. The number of nitrogens with two attached hydrogens (primary N) is 1. The molecular weight excluding hydrogens is 380 g/mol. The molecule has 0 spiro atoms. The molecule has 28 heavy (non-hydrogen) atoms. The average Bonchev–Trinajstić information content (AvgIpc) is 2.66. The molecule has 1 heterocycles. The third-order valence-corrected chi connectivity index (χ3v) is 4.25. The van der Waals surface area contributed by atoms with Crippen molar-refractivity contribution in [1.82, 2.24) is 9.97 Å². The van der Waals surface area contributed by atoms with E-state index in [9.17, 15) is 9.59 Å². The van der Waals surface area contributed by atoms with E-state index in [1.165, 1.54) is 6.20 Å². The number of carbonyl (C=O) groups excluding carboxylic acids is 2. The summed E-state index contributed by atoms with van der Waals surface area (Å²) in [5.41, 5.74) is 7.84. The summed E-state index contributed by atoms with van der Waals surface area (Å²) >= 11 is 6.05. The average molecular weight is 397 g/mol. The highest BCUT2D eigenvalue weighted by Gasteiger charge is 2.15. The summed E-state index contributed by atoms with van der Waals surface area (Å²) in [5.74, 6) is -0.577. The number of urea groups is 1. The first-order valence-electron chi connectivity index (χ1n) is 8.26. The first kappa shape index (κ1) is 19.1. The third-order valence-electron chi connectivity index (χ3n) is 3.84. The molecule has 0 radical (unpaired) electrons. The number of nitrogen functional groups attached to an aromatic ring is 1. The normalized spacial score (nSPS) is 10.2. The number of nitrogens with one attached hydrogen (secondary N) is 3. The van der Waals surface area contributed by atoms with Crippen LogP contribution < -0.4 is 21.7 Å². The van der Waals surface area contributed by atoms with Crippen LogP contribution in [0.1, 0.15) is 15.9 Å². The van der Waals surface area contributed by atoms with Crippen molar-refractivity contribution in [3.8, 4) is 0 Å². The van der Waals surface area contributed by atoms with Crippen molar-refractivity contribution in [2.45, 2.75) is 6.92 Å². The van der Waals surface area contributed by atoms with Gasteiger partial charge in [-0.3, -0.25) is 10.1 Å². The zero-order valence-electron chi connectivity index (χ0n) is 14.9. The Hall–Kier alpha value is -3.65. The largest absolute Gasteiger partial charge is 0.383 e. The van der Waals surface area contributed by atoms with Gasteiger partial charge in [0.15, 0.2) is 0 Å². The van der Waals surface area contributed by atoms with Crippen molar-refractivity contribution in [1.29, 1.82) is 0 Å². The molecule has 9 heteroatoms. The third kappa shape index (κ3) is 4.54. The van der Waals surface area contributed by atoms with E-state index in [2.05, 4.69) is 25.9 Å². The number of hydrogen-bond acceptors (Lipinski definition) is 5. The van der Waals surface area contributed by atoms with Gasteiger partial charge < -0.3 is 16.4 Å². The highest BCUT2D eigenvalue weighted by atomic mass is 35.5. The molecule has 0 unspecified atom stereocenters. The van der Waals surface area contributed by atoms with Crippen LogP contribution in [0.2, 0.25) is 5.02 Å². The van der Waals surface area contributed by atoms with Crippen molar-refractivity contribution in [2.75, 3.05) is 21.7 Å². The van der Waals surface area contributed by atoms with Crippen LogP contribution in [-0.2, 0) is 0 Å². The minimum absolute atomic E-state index is 0.0265. The topological polar surface area (TPSA) is 122 Å². The SMILES string of the molecule is Cc1c(Cl)cccc1NC(=O)c1cnc(NC(=O)Nc2ccccc2)nc1N. The van der Waals surface area contributed by atoms with Gasteiger partial charge in [0, 0.05) is 22.6 Å². The van der Waals surface area contributed by atoms with E-state index in [4.69, 9.17) is 17.3 Å². The van der Waals surface area contributed by atoms with Crippen LogP contribution in [0, 0.1) is 6.92 Å². The summed E-state index contributed by atoms with van der Waals surface area (Å²) in [4.78, 5) is 32.4. The quantitative estimate of drug-likeness (QED) is 0.532. The maximum atomic E-state index is 12.5. The van der Waals surface area contributed by atoms with Gasteiger partial charge in [-0.25, -0.2) is 9.78 Å². The summed E-state index contributed by atoms with van der Waals surface area (Å²) in [6, 6.07) is 13.5. The molecule has 0 atom stereocenters. The van der Waals surface area contributed by atoms with Gasteiger partial charge in [0.2, 0.25) is 5.95 Å². The first-order chi connectivity index (χ1) is 13.4. The minimum atomic E-state index is -0.530. The second-order valence-corrected chi connectivity index (χ2v) is 6.21. The number of nitrogens with zero attached hydrogens (tertiary/aromatic N) is 2. The molecule has 0 fully saturated rings. The lowest BCUT2D eigenvalue weighted by atomic mass is 10.2. The lowest BCUT2D eigenvalue weighted by molar-refractivity contribution is 0.102. The van der Waals surface area contributed by atoms with E-state index in [1.807, 2.05) is 6.07 Å². The molecule has 8 nitrogen and oxygen atoms in total. The first-order valence-corrected chi connectivity index (χ1v) is 8.64. The van der Waals surface area contributed by atoms with Crippen LogP contribution >= 0.6 is 11.6 Å². The van der Waals surface area contributed by atoms with E-state index in [0.29, 0.717) is 16.4 Å². The van der Waals surface area contributed by atoms with Crippen molar-refractivity contribution < 1.29 is 9.59 Å².